The van der Waals surface area contributed by atoms with Crippen molar-refractivity contribution in [3.8, 4) is 28.3 Å². The first-order chi connectivity index (χ1) is 23.3. The summed E-state index contributed by atoms with van der Waals surface area (Å²) in [4.78, 5) is 18.6. The minimum atomic E-state index is 0. The summed E-state index contributed by atoms with van der Waals surface area (Å²) in [6.45, 7) is 13.0. The van der Waals surface area contributed by atoms with Crippen LogP contribution in [0.25, 0.3) is 61.6 Å². The number of rotatable bonds is 5. The van der Waals surface area contributed by atoms with Gasteiger partial charge in [0.2, 0.25) is 0 Å². The Labute approximate surface area is 300 Å². The van der Waals surface area contributed by atoms with Gasteiger partial charge in [0, 0.05) is 49.8 Å². The molecule has 49 heavy (non-hydrogen) atoms. The monoisotopic (exact) mass is 820 g/mol. The van der Waals surface area contributed by atoms with Crippen molar-refractivity contribution < 1.29 is 24.5 Å². The van der Waals surface area contributed by atoms with Crippen molar-refractivity contribution in [2.75, 3.05) is 0 Å². The quantitative estimate of drug-likeness (QED) is 0.162. The smallest absolute Gasteiger partial charge is 0.188 e. The molecule has 0 amide bonds. The van der Waals surface area contributed by atoms with Gasteiger partial charge in [-0.05, 0) is 47.2 Å². The number of para-hydroxylation sites is 2. The van der Waals surface area contributed by atoms with E-state index in [9.17, 15) is 0 Å². The molecule has 8 rings (SSSR count). The van der Waals surface area contributed by atoms with Crippen molar-refractivity contribution in [1.29, 1.82) is 0 Å². The zero-order valence-corrected chi connectivity index (χ0v) is 30.8. The van der Waals surface area contributed by atoms with Gasteiger partial charge in [-0.3, -0.25) is 4.98 Å². The number of hydrogen-bond donors (Lipinski definition) is 0. The maximum Gasteiger partial charge on any atom is 0.188 e. The summed E-state index contributed by atoms with van der Waals surface area (Å²) in [5.74, 6) is 1.38. The van der Waals surface area contributed by atoms with Crippen LogP contribution in [0.2, 0.25) is 0 Å². The fourth-order valence-corrected chi connectivity index (χ4v) is 6.11. The third-order valence-electron chi connectivity index (χ3n) is 8.58. The van der Waals surface area contributed by atoms with Crippen molar-refractivity contribution in [1.82, 2.24) is 24.5 Å². The van der Waals surface area contributed by atoms with Gasteiger partial charge in [0.25, 0.3) is 0 Å². The van der Waals surface area contributed by atoms with E-state index in [1.807, 2.05) is 55.6 Å². The number of hydrogen-bond acceptors (Lipinski definition) is 5. The van der Waals surface area contributed by atoms with E-state index in [1.165, 1.54) is 22.3 Å². The zero-order chi connectivity index (χ0) is 33.4. The molecule has 0 saturated heterocycles. The van der Waals surface area contributed by atoms with Crippen molar-refractivity contribution in [2.45, 2.75) is 53.4 Å². The maximum atomic E-state index is 6.35. The van der Waals surface area contributed by atoms with Crippen LogP contribution in [-0.2, 0) is 20.1 Å². The van der Waals surface area contributed by atoms with E-state index in [-0.39, 0.29) is 20.1 Å². The predicted molar refractivity (Wildman–Crippen MR) is 194 cm³/mol. The summed E-state index contributed by atoms with van der Waals surface area (Å²) in [6.07, 6.45) is 5.29. The van der Waals surface area contributed by atoms with Crippen molar-refractivity contribution >= 4 is 33.2 Å². The van der Waals surface area contributed by atoms with E-state index in [4.69, 9.17) is 14.4 Å². The van der Waals surface area contributed by atoms with E-state index in [0.29, 0.717) is 17.5 Å². The summed E-state index contributed by atoms with van der Waals surface area (Å²) in [5.41, 5.74) is 11.8. The van der Waals surface area contributed by atoms with Crippen LogP contribution in [0.5, 0.6) is 0 Å². The number of aromatic nitrogens is 5. The van der Waals surface area contributed by atoms with E-state index < -0.39 is 0 Å². The van der Waals surface area contributed by atoms with Crippen LogP contribution in [0.15, 0.2) is 108 Å². The largest absolute Gasteiger partial charge is 0.501 e. The second-order valence-electron chi connectivity index (χ2n) is 12.8. The van der Waals surface area contributed by atoms with Crippen molar-refractivity contribution in [2.24, 2.45) is 0 Å². The molecule has 0 saturated carbocycles. The van der Waals surface area contributed by atoms with Gasteiger partial charge in [-0.1, -0.05) is 94.1 Å². The molecule has 0 aliphatic heterocycles. The van der Waals surface area contributed by atoms with Gasteiger partial charge in [0.15, 0.2) is 11.3 Å². The fourth-order valence-electron chi connectivity index (χ4n) is 6.11. The average Bonchev–Trinajstić information content (AvgIpc) is 3.68. The number of fused-ring (bicyclic) bond motifs is 4. The Morgan fingerprint density at radius 3 is 2.14 bits per heavy atom. The molecule has 8 aromatic rings. The van der Waals surface area contributed by atoms with Crippen LogP contribution in [0.4, 0.5) is 0 Å². The third kappa shape index (κ3) is 6.57. The second kappa shape index (κ2) is 14.3. The predicted octanol–water partition coefficient (Wildman–Crippen LogP) is 10.6. The number of imidazole rings is 1. The molecule has 6 nitrogen and oxygen atoms in total. The first-order valence-electron chi connectivity index (χ1n) is 16.4. The van der Waals surface area contributed by atoms with Gasteiger partial charge >= 0.3 is 0 Å². The van der Waals surface area contributed by atoms with Gasteiger partial charge < -0.3 is 14.0 Å². The van der Waals surface area contributed by atoms with Crippen LogP contribution < -0.4 is 0 Å². The molecule has 7 heteroatoms. The Kier molecular flexibility index (Phi) is 9.86. The Morgan fingerprint density at radius 2 is 1.45 bits per heavy atom. The molecule has 4 aromatic heterocycles. The van der Waals surface area contributed by atoms with Crippen LogP contribution in [0.1, 0.15) is 61.8 Å². The number of aryl methyl sites for hydroxylation is 2. The fraction of sp³-hybridized carbons (Fsp3) is 0.190. The zero-order valence-electron chi connectivity index (χ0n) is 28.4. The number of pyridine rings is 1. The average molecular weight is 820 g/mol. The molecule has 0 unspecified atom stereocenters. The molecule has 4 aromatic carbocycles. The molecular weight excluding hydrogens is 783 g/mol. The van der Waals surface area contributed by atoms with E-state index in [2.05, 4.69) is 104 Å². The van der Waals surface area contributed by atoms with Gasteiger partial charge in [0.05, 0.1) is 11.4 Å². The normalized spacial score (nSPS) is 11.3. The van der Waals surface area contributed by atoms with Crippen LogP contribution in [-0.4, -0.2) is 24.5 Å². The Bertz CT molecular complexity index is 2300. The summed E-state index contributed by atoms with van der Waals surface area (Å²) in [7, 11) is 0. The number of furan rings is 1. The molecule has 1 radical (unpaired) electrons. The van der Waals surface area contributed by atoms with E-state index >= 15 is 0 Å². The first kappa shape index (κ1) is 33.9. The van der Waals surface area contributed by atoms with Crippen molar-refractivity contribution in [3.05, 3.63) is 138 Å². The molecule has 0 atom stereocenters. The molecule has 4 heterocycles. The number of nitrogens with zero attached hydrogens (tertiary/aromatic N) is 5. The standard InChI is InChI=1S/C29H25N4O.C13H12N.Ir/c1-17(2)19-10-7-11-20(18(3)4)25(19)33-28(32-27-29(33)31-16-15-30-27)23-13-8-12-22-21-9-5-6-14-24(21)34-26(22)23;1-10-3-6-12(7-4-10)13-8-5-11(2)9-14-13;/h5-12,14-18H,1-4H3;3-6,8-9H,1-2H3;/q2*-1;. The van der Waals surface area contributed by atoms with Gasteiger partial charge in [-0.15, -0.1) is 53.6 Å². The maximum absolute atomic E-state index is 6.35. The molecule has 0 fully saturated rings. The first-order valence-corrected chi connectivity index (χ1v) is 16.4. The van der Waals surface area contributed by atoms with Gasteiger partial charge in [0.1, 0.15) is 5.58 Å². The summed E-state index contributed by atoms with van der Waals surface area (Å²) < 4.78 is 8.51. The van der Waals surface area contributed by atoms with Crippen LogP contribution in [0, 0.1) is 26.0 Å². The van der Waals surface area contributed by atoms with Gasteiger partial charge in [-0.2, -0.15) is 0 Å². The SMILES string of the molecule is CC(C)c1cccc(C(C)C)c1-n1c(-c2[c-]ccc3c2oc2ccccc23)nc2nccnc21.Cc1c[c-]c(-c2ccc(C)cn2)cc1.[Ir]. The Hall–Kier alpha value is -4.97. The molecule has 0 bridgehead atoms. The minimum absolute atomic E-state index is 0. The molecule has 0 aliphatic rings. The second-order valence-corrected chi connectivity index (χ2v) is 12.8. The Morgan fingerprint density at radius 1 is 0.714 bits per heavy atom. The van der Waals surface area contributed by atoms with E-state index in [1.54, 1.807) is 12.4 Å². The van der Waals surface area contributed by atoms with Gasteiger partial charge in [-0.25, -0.2) is 9.97 Å². The summed E-state index contributed by atoms with van der Waals surface area (Å²) in [6, 6.07) is 35.5. The molecule has 247 valence electrons. The van der Waals surface area contributed by atoms with Crippen LogP contribution >= 0.6 is 0 Å². The summed E-state index contributed by atoms with van der Waals surface area (Å²) in [5, 5.41) is 2.13. The molecule has 0 N–H and O–H groups in total. The minimum Gasteiger partial charge on any atom is -0.501 e. The third-order valence-corrected chi connectivity index (χ3v) is 8.58. The molecular formula is C42H37IrN5O-2. The summed E-state index contributed by atoms with van der Waals surface area (Å²) >= 11 is 0. The molecule has 0 aliphatic carbocycles. The van der Waals surface area contributed by atoms with E-state index in [0.717, 1.165) is 55.9 Å². The Balaban J connectivity index is 0.000000234. The number of benzene rings is 4. The topological polar surface area (TPSA) is 69.6 Å². The molecule has 0 spiro atoms. The van der Waals surface area contributed by atoms with Crippen molar-refractivity contribution in [3.63, 3.8) is 0 Å². The van der Waals surface area contributed by atoms with Crippen LogP contribution in [0.3, 0.4) is 0 Å².